The molecule has 0 fully saturated rings. The molecule has 1 aliphatic heterocycles. The number of aliphatic hydroxyl groups excluding tert-OH is 1. The standard InChI is InChI=1S/C20H38N2O/c1-3-4-5-6-7-8-9-10-11-12-13-14-15-16-20-21-17-18-22(20)19(2)23/h5-6,19,23H,3-4,7-18H2,1-2H3/b6-5+. The Labute approximate surface area is 143 Å². The maximum Gasteiger partial charge on any atom is 0.125 e. The van der Waals surface area contributed by atoms with Crippen LogP contribution in [0.4, 0.5) is 0 Å². The van der Waals surface area contributed by atoms with Gasteiger partial charge in [-0.25, -0.2) is 0 Å². The molecule has 1 rings (SSSR count). The summed E-state index contributed by atoms with van der Waals surface area (Å²) in [6.07, 6.45) is 19.9. The number of hydrogen-bond acceptors (Lipinski definition) is 3. The highest BCUT2D eigenvalue weighted by atomic mass is 16.3. The second kappa shape index (κ2) is 13.6. The van der Waals surface area contributed by atoms with Gasteiger partial charge in [-0.1, -0.05) is 64.0 Å². The molecule has 0 bridgehead atoms. The molecule has 3 nitrogen and oxygen atoms in total. The van der Waals surface area contributed by atoms with E-state index in [4.69, 9.17) is 0 Å². The van der Waals surface area contributed by atoms with Gasteiger partial charge in [0.25, 0.3) is 0 Å². The maximum absolute atomic E-state index is 9.67. The van der Waals surface area contributed by atoms with Gasteiger partial charge in [-0.05, 0) is 32.6 Å². The van der Waals surface area contributed by atoms with Crippen molar-refractivity contribution in [3.05, 3.63) is 12.2 Å². The van der Waals surface area contributed by atoms with Gasteiger partial charge in [0, 0.05) is 13.0 Å². The van der Waals surface area contributed by atoms with E-state index >= 15 is 0 Å². The van der Waals surface area contributed by atoms with Crippen molar-refractivity contribution in [2.24, 2.45) is 4.99 Å². The molecule has 0 amide bonds. The van der Waals surface area contributed by atoms with E-state index in [1.165, 1.54) is 70.6 Å². The van der Waals surface area contributed by atoms with Gasteiger partial charge in [-0.3, -0.25) is 4.99 Å². The summed E-state index contributed by atoms with van der Waals surface area (Å²) in [6, 6.07) is 0. The molecule has 134 valence electrons. The van der Waals surface area contributed by atoms with Crippen molar-refractivity contribution in [1.29, 1.82) is 0 Å². The molecular weight excluding hydrogens is 284 g/mol. The van der Waals surface area contributed by atoms with Gasteiger partial charge >= 0.3 is 0 Å². The average molecular weight is 323 g/mol. The minimum atomic E-state index is -0.381. The summed E-state index contributed by atoms with van der Waals surface area (Å²) in [5, 5.41) is 9.67. The molecule has 0 saturated heterocycles. The lowest BCUT2D eigenvalue weighted by Crippen LogP contribution is -2.35. The number of unbranched alkanes of at least 4 members (excludes halogenated alkanes) is 9. The first kappa shape index (κ1) is 20.2. The van der Waals surface area contributed by atoms with Crippen LogP contribution in [0.2, 0.25) is 0 Å². The molecule has 1 atom stereocenters. The normalized spacial score (nSPS) is 16.3. The van der Waals surface area contributed by atoms with Gasteiger partial charge < -0.3 is 10.0 Å². The summed E-state index contributed by atoms with van der Waals surface area (Å²) in [5.41, 5.74) is 0. The lowest BCUT2D eigenvalue weighted by Gasteiger charge is -2.23. The lowest BCUT2D eigenvalue weighted by atomic mass is 10.1. The molecule has 1 aliphatic rings. The minimum absolute atomic E-state index is 0.381. The highest BCUT2D eigenvalue weighted by molar-refractivity contribution is 5.83. The molecule has 3 heteroatoms. The molecule has 0 aromatic rings. The zero-order valence-electron chi connectivity index (χ0n) is 15.5. The van der Waals surface area contributed by atoms with Crippen molar-refractivity contribution >= 4 is 5.84 Å². The highest BCUT2D eigenvalue weighted by Crippen LogP contribution is 2.14. The second-order valence-electron chi connectivity index (χ2n) is 6.75. The lowest BCUT2D eigenvalue weighted by molar-refractivity contribution is 0.0766. The summed E-state index contributed by atoms with van der Waals surface area (Å²) in [5.74, 6) is 1.12. The molecule has 0 aromatic carbocycles. The molecule has 1 unspecified atom stereocenters. The monoisotopic (exact) mass is 322 g/mol. The Bertz CT molecular complexity index is 337. The van der Waals surface area contributed by atoms with Crippen LogP contribution in [0.5, 0.6) is 0 Å². The first-order chi connectivity index (χ1) is 11.3. The predicted octanol–water partition coefficient (Wildman–Crippen LogP) is 5.30. The van der Waals surface area contributed by atoms with E-state index < -0.39 is 0 Å². The molecule has 0 radical (unpaired) electrons. The Balaban J connectivity index is 1.85. The SMILES string of the molecule is CCC/C=C/CCCCCCCCCCC1=NCCN1C(C)O. The van der Waals surface area contributed by atoms with Crippen LogP contribution in [0, 0.1) is 0 Å². The van der Waals surface area contributed by atoms with Gasteiger partial charge in [0.05, 0.1) is 6.54 Å². The first-order valence-electron chi connectivity index (χ1n) is 9.88. The Morgan fingerprint density at radius 3 is 2.26 bits per heavy atom. The Morgan fingerprint density at radius 1 is 1.00 bits per heavy atom. The van der Waals surface area contributed by atoms with Crippen LogP contribution >= 0.6 is 0 Å². The van der Waals surface area contributed by atoms with Crippen LogP contribution in [0.1, 0.15) is 90.9 Å². The number of aliphatic hydroxyl groups is 1. The largest absolute Gasteiger partial charge is 0.374 e. The fourth-order valence-electron chi connectivity index (χ4n) is 3.14. The van der Waals surface area contributed by atoms with Crippen LogP contribution in [0.15, 0.2) is 17.1 Å². The summed E-state index contributed by atoms with van der Waals surface area (Å²) >= 11 is 0. The third-order valence-corrected chi connectivity index (χ3v) is 4.56. The van der Waals surface area contributed by atoms with E-state index in [9.17, 15) is 5.11 Å². The summed E-state index contributed by atoms with van der Waals surface area (Å²) in [7, 11) is 0. The number of amidine groups is 1. The van der Waals surface area contributed by atoms with Gasteiger partial charge in [0.2, 0.25) is 0 Å². The molecule has 0 saturated carbocycles. The van der Waals surface area contributed by atoms with Crippen LogP contribution in [-0.4, -0.2) is 35.2 Å². The molecule has 0 aromatic heterocycles. The number of hydrogen-bond donors (Lipinski definition) is 1. The third kappa shape index (κ3) is 9.80. The van der Waals surface area contributed by atoms with Crippen molar-refractivity contribution < 1.29 is 5.11 Å². The molecule has 0 aliphatic carbocycles. The Morgan fingerprint density at radius 2 is 1.61 bits per heavy atom. The van der Waals surface area contributed by atoms with Gasteiger partial charge in [-0.2, -0.15) is 0 Å². The summed E-state index contributed by atoms with van der Waals surface area (Å²) in [6.45, 7) is 5.81. The highest BCUT2D eigenvalue weighted by Gasteiger charge is 2.19. The zero-order valence-corrected chi connectivity index (χ0v) is 15.5. The van der Waals surface area contributed by atoms with E-state index in [-0.39, 0.29) is 6.23 Å². The molecule has 23 heavy (non-hydrogen) atoms. The average Bonchev–Trinajstić information content (AvgIpc) is 3.00. The molecular formula is C20H38N2O. The first-order valence-corrected chi connectivity index (χ1v) is 9.88. The second-order valence-corrected chi connectivity index (χ2v) is 6.75. The predicted molar refractivity (Wildman–Crippen MR) is 101 cm³/mol. The van der Waals surface area contributed by atoms with E-state index in [1.807, 2.05) is 11.8 Å². The van der Waals surface area contributed by atoms with Crippen molar-refractivity contribution in [2.75, 3.05) is 13.1 Å². The van der Waals surface area contributed by atoms with E-state index in [0.717, 1.165) is 25.3 Å². The maximum atomic E-state index is 9.67. The van der Waals surface area contributed by atoms with Crippen molar-refractivity contribution in [3.63, 3.8) is 0 Å². The van der Waals surface area contributed by atoms with Gasteiger partial charge in [-0.15, -0.1) is 0 Å². The van der Waals surface area contributed by atoms with Crippen molar-refractivity contribution in [1.82, 2.24) is 4.90 Å². The van der Waals surface area contributed by atoms with E-state index in [1.54, 1.807) is 0 Å². The zero-order chi connectivity index (χ0) is 16.8. The Kier molecular flexibility index (Phi) is 11.9. The van der Waals surface area contributed by atoms with E-state index in [0.29, 0.717) is 0 Å². The van der Waals surface area contributed by atoms with Crippen LogP contribution in [0.3, 0.4) is 0 Å². The Hall–Kier alpha value is -0.830. The van der Waals surface area contributed by atoms with Gasteiger partial charge in [0.15, 0.2) is 0 Å². The van der Waals surface area contributed by atoms with Crippen LogP contribution < -0.4 is 0 Å². The molecule has 1 heterocycles. The third-order valence-electron chi connectivity index (χ3n) is 4.56. The van der Waals surface area contributed by atoms with Crippen LogP contribution in [0.25, 0.3) is 0 Å². The van der Waals surface area contributed by atoms with E-state index in [2.05, 4.69) is 24.1 Å². The molecule has 0 spiro atoms. The quantitative estimate of drug-likeness (QED) is 0.348. The van der Waals surface area contributed by atoms with Crippen molar-refractivity contribution in [2.45, 2.75) is 97.1 Å². The number of allylic oxidation sites excluding steroid dienone is 2. The number of nitrogens with zero attached hydrogens (tertiary/aromatic N) is 2. The van der Waals surface area contributed by atoms with Gasteiger partial charge in [0.1, 0.15) is 12.1 Å². The summed E-state index contributed by atoms with van der Waals surface area (Å²) < 4.78 is 0. The van der Waals surface area contributed by atoms with Crippen LogP contribution in [-0.2, 0) is 0 Å². The molecule has 1 N–H and O–H groups in total. The minimum Gasteiger partial charge on any atom is -0.374 e. The topological polar surface area (TPSA) is 35.8 Å². The fourth-order valence-corrected chi connectivity index (χ4v) is 3.14. The fraction of sp³-hybridized carbons (Fsp3) is 0.850. The smallest absolute Gasteiger partial charge is 0.125 e. The number of rotatable bonds is 14. The van der Waals surface area contributed by atoms with Crippen molar-refractivity contribution in [3.8, 4) is 0 Å². The number of aliphatic imine (C=N–C) groups is 1. The summed E-state index contributed by atoms with van der Waals surface area (Å²) in [4.78, 5) is 6.55.